The second-order valence-corrected chi connectivity index (χ2v) is 10.7. The summed E-state index contributed by atoms with van der Waals surface area (Å²) in [7, 11) is 6.35. The lowest BCUT2D eigenvalue weighted by Crippen LogP contribution is -2.19. The van der Waals surface area contributed by atoms with Crippen molar-refractivity contribution in [2.75, 3.05) is 28.4 Å². The molecule has 40 heavy (non-hydrogen) atoms. The molecule has 0 spiro atoms. The van der Waals surface area contributed by atoms with Gasteiger partial charge in [-0.2, -0.15) is 5.10 Å². The highest BCUT2D eigenvalue weighted by atomic mass is 32.1. The maximum Gasteiger partial charge on any atom is 0.314 e. The van der Waals surface area contributed by atoms with Crippen LogP contribution in [0, 0.1) is 5.92 Å². The number of methoxy groups -OCH3 is 4. The van der Waals surface area contributed by atoms with Crippen LogP contribution in [-0.4, -0.2) is 51.3 Å². The molecule has 2 fully saturated rings. The number of nitrogens with zero attached hydrogens (tertiary/aromatic N) is 3. The quantitative estimate of drug-likeness (QED) is 0.178. The number of carbonyl (C=O) groups is 1. The Morgan fingerprint density at radius 3 is 2.20 bits per heavy atom. The molecular formula is C30H35N3O6S. The van der Waals surface area contributed by atoms with Gasteiger partial charge in [-0.15, -0.1) is 11.3 Å². The van der Waals surface area contributed by atoms with Gasteiger partial charge in [0, 0.05) is 10.9 Å². The Morgan fingerprint density at radius 2 is 1.57 bits per heavy atom. The van der Waals surface area contributed by atoms with Crippen molar-refractivity contribution in [3.8, 4) is 40.0 Å². The first-order valence-corrected chi connectivity index (χ1v) is 14.4. The standard InChI is InChI=1S/C30H35N3O6S/c1-35-25-14-19(10-13-24(25)39-29(34)20-11-12-20)17-31-33-23(18-40-30(33)32-22-8-6-5-7-9-22)21-15-26(36-2)28(38-4)27(16-21)37-3/h10,13-18,20,22H,5-9,11-12H2,1-4H3. The molecule has 212 valence electrons. The molecule has 0 unspecified atom stereocenters. The smallest absolute Gasteiger partial charge is 0.314 e. The second kappa shape index (κ2) is 12.6. The van der Waals surface area contributed by atoms with Crippen LogP contribution >= 0.6 is 11.3 Å². The molecule has 0 bridgehead atoms. The minimum atomic E-state index is -0.211. The molecular weight excluding hydrogens is 530 g/mol. The normalized spacial score (nSPS) is 16.2. The molecule has 2 aliphatic rings. The third kappa shape index (κ3) is 6.17. The van der Waals surface area contributed by atoms with Crippen molar-refractivity contribution in [1.29, 1.82) is 0 Å². The predicted octanol–water partition coefficient (Wildman–Crippen LogP) is 5.68. The number of hydrogen-bond donors (Lipinski definition) is 0. The van der Waals surface area contributed by atoms with Gasteiger partial charge in [-0.25, -0.2) is 4.68 Å². The van der Waals surface area contributed by atoms with Crippen molar-refractivity contribution < 1.29 is 28.5 Å². The van der Waals surface area contributed by atoms with Crippen LogP contribution in [0.5, 0.6) is 28.7 Å². The summed E-state index contributed by atoms with van der Waals surface area (Å²) in [5.41, 5.74) is 2.49. The van der Waals surface area contributed by atoms with Crippen LogP contribution in [0.25, 0.3) is 11.3 Å². The van der Waals surface area contributed by atoms with Crippen molar-refractivity contribution in [3.63, 3.8) is 0 Å². The predicted molar refractivity (Wildman–Crippen MR) is 154 cm³/mol. The van der Waals surface area contributed by atoms with E-state index in [1.807, 2.05) is 34.3 Å². The maximum absolute atomic E-state index is 12.2. The third-order valence-corrected chi connectivity index (χ3v) is 7.98. The van der Waals surface area contributed by atoms with E-state index in [9.17, 15) is 4.79 Å². The van der Waals surface area contributed by atoms with Crippen LogP contribution < -0.4 is 28.5 Å². The van der Waals surface area contributed by atoms with Gasteiger partial charge >= 0.3 is 5.97 Å². The van der Waals surface area contributed by atoms with Gasteiger partial charge in [-0.3, -0.25) is 9.79 Å². The van der Waals surface area contributed by atoms with E-state index >= 15 is 0 Å². The molecule has 2 aromatic carbocycles. The van der Waals surface area contributed by atoms with Crippen LogP contribution in [0.4, 0.5) is 0 Å². The van der Waals surface area contributed by atoms with Crippen molar-refractivity contribution in [2.24, 2.45) is 16.0 Å². The zero-order valence-corrected chi connectivity index (χ0v) is 24.2. The molecule has 5 rings (SSSR count). The molecule has 2 aliphatic carbocycles. The SMILES string of the molecule is COc1cc(C=Nn2c(-c3cc(OC)c(OC)c(OC)c3)csc2=NC2CCCCC2)ccc1OC(=O)C1CC1. The molecule has 1 aromatic heterocycles. The molecule has 9 nitrogen and oxygen atoms in total. The number of ether oxygens (including phenoxy) is 5. The van der Waals surface area contributed by atoms with Crippen LogP contribution in [-0.2, 0) is 4.79 Å². The number of aromatic nitrogens is 1. The maximum atomic E-state index is 12.2. The van der Waals surface area contributed by atoms with Gasteiger partial charge < -0.3 is 23.7 Å². The van der Waals surface area contributed by atoms with E-state index in [-0.39, 0.29) is 17.9 Å². The summed E-state index contributed by atoms with van der Waals surface area (Å²) in [5, 5.41) is 6.91. The molecule has 10 heteroatoms. The summed E-state index contributed by atoms with van der Waals surface area (Å²) in [4.78, 5) is 18.1. The summed E-state index contributed by atoms with van der Waals surface area (Å²) < 4.78 is 29.6. The molecule has 0 aliphatic heterocycles. The minimum absolute atomic E-state index is 0.000829. The average molecular weight is 566 g/mol. The van der Waals surface area contributed by atoms with E-state index in [2.05, 4.69) is 0 Å². The van der Waals surface area contributed by atoms with E-state index < -0.39 is 0 Å². The Bertz CT molecular complexity index is 1420. The number of thiazole rings is 1. The first-order chi connectivity index (χ1) is 19.5. The van der Waals surface area contributed by atoms with E-state index in [0.29, 0.717) is 28.7 Å². The first-order valence-electron chi connectivity index (χ1n) is 13.5. The molecule has 0 saturated heterocycles. The summed E-state index contributed by atoms with van der Waals surface area (Å²) in [6, 6.07) is 9.50. The van der Waals surface area contributed by atoms with Gasteiger partial charge in [-0.1, -0.05) is 19.3 Å². The van der Waals surface area contributed by atoms with Gasteiger partial charge in [-0.05, 0) is 61.6 Å². The van der Waals surface area contributed by atoms with E-state index in [4.69, 9.17) is 33.8 Å². The monoisotopic (exact) mass is 565 g/mol. The lowest BCUT2D eigenvalue weighted by atomic mass is 9.96. The Balaban J connectivity index is 1.54. The Hall–Kier alpha value is -3.79. The van der Waals surface area contributed by atoms with Gasteiger partial charge in [0.2, 0.25) is 10.6 Å². The lowest BCUT2D eigenvalue weighted by Gasteiger charge is -2.17. The highest BCUT2D eigenvalue weighted by Crippen LogP contribution is 2.41. The van der Waals surface area contributed by atoms with E-state index in [1.165, 1.54) is 19.3 Å². The third-order valence-electron chi connectivity index (χ3n) is 7.14. The number of carbonyl (C=O) groups excluding carboxylic acids is 1. The summed E-state index contributed by atoms with van der Waals surface area (Å²) >= 11 is 1.55. The molecule has 3 aromatic rings. The second-order valence-electron chi connectivity index (χ2n) is 9.90. The van der Waals surface area contributed by atoms with Crippen LogP contribution in [0.1, 0.15) is 50.5 Å². The van der Waals surface area contributed by atoms with E-state index in [0.717, 1.165) is 47.3 Å². The minimum Gasteiger partial charge on any atom is -0.493 e. The first kappa shape index (κ1) is 27.8. The van der Waals surface area contributed by atoms with E-state index in [1.54, 1.807) is 52.1 Å². The summed E-state index contributed by atoms with van der Waals surface area (Å²) in [5.74, 6) is 2.33. The number of hydrogen-bond acceptors (Lipinski definition) is 9. The van der Waals surface area contributed by atoms with Gasteiger partial charge in [0.05, 0.1) is 52.3 Å². The molecule has 0 atom stereocenters. The fourth-order valence-electron chi connectivity index (χ4n) is 4.78. The largest absolute Gasteiger partial charge is 0.493 e. The topological polar surface area (TPSA) is 92.9 Å². The van der Waals surface area contributed by atoms with Crippen LogP contribution in [0.15, 0.2) is 45.8 Å². The van der Waals surface area contributed by atoms with Crippen LogP contribution in [0.3, 0.4) is 0 Å². The molecule has 0 amide bonds. The van der Waals surface area contributed by atoms with Gasteiger partial charge in [0.15, 0.2) is 23.0 Å². The fraction of sp³-hybridized carbons (Fsp3) is 0.433. The van der Waals surface area contributed by atoms with Crippen LogP contribution in [0.2, 0.25) is 0 Å². The Labute approximate surface area is 238 Å². The van der Waals surface area contributed by atoms with Crippen molar-refractivity contribution in [2.45, 2.75) is 51.0 Å². The zero-order chi connectivity index (χ0) is 28.1. The highest BCUT2D eigenvalue weighted by Gasteiger charge is 2.32. The molecule has 2 saturated carbocycles. The number of benzene rings is 2. The lowest BCUT2D eigenvalue weighted by molar-refractivity contribution is -0.135. The molecule has 1 heterocycles. The fourth-order valence-corrected chi connectivity index (χ4v) is 5.69. The Kier molecular flexibility index (Phi) is 8.74. The van der Waals surface area contributed by atoms with Crippen molar-refractivity contribution in [3.05, 3.63) is 46.1 Å². The van der Waals surface area contributed by atoms with Crippen molar-refractivity contribution >= 4 is 23.5 Å². The number of esters is 1. The number of rotatable bonds is 10. The Morgan fingerprint density at radius 1 is 0.875 bits per heavy atom. The summed E-state index contributed by atoms with van der Waals surface area (Å²) in [6.07, 6.45) is 9.33. The average Bonchev–Trinajstić information content (AvgIpc) is 3.77. The summed E-state index contributed by atoms with van der Waals surface area (Å²) in [6.45, 7) is 0. The van der Waals surface area contributed by atoms with Crippen molar-refractivity contribution in [1.82, 2.24) is 4.68 Å². The molecule has 0 radical (unpaired) electrons. The van der Waals surface area contributed by atoms with Gasteiger partial charge in [0.1, 0.15) is 0 Å². The molecule has 0 N–H and O–H groups in total. The van der Waals surface area contributed by atoms with Gasteiger partial charge in [0.25, 0.3) is 0 Å². The zero-order valence-electron chi connectivity index (χ0n) is 23.3. The highest BCUT2D eigenvalue weighted by molar-refractivity contribution is 7.07.